The molecule has 1 atom stereocenters. The summed E-state index contributed by atoms with van der Waals surface area (Å²) in [4.78, 5) is 27.9. The molecule has 1 saturated heterocycles. The van der Waals surface area contributed by atoms with Crippen molar-refractivity contribution in [2.75, 3.05) is 18.0 Å². The summed E-state index contributed by atoms with van der Waals surface area (Å²) >= 11 is 0. The molecule has 3 aromatic rings. The highest BCUT2D eigenvalue weighted by molar-refractivity contribution is 5.93. The Labute approximate surface area is 163 Å². The molecule has 1 fully saturated rings. The van der Waals surface area contributed by atoms with Gasteiger partial charge < -0.3 is 14.6 Å². The summed E-state index contributed by atoms with van der Waals surface area (Å²) in [5, 5.41) is 3.06. The van der Waals surface area contributed by atoms with Crippen LogP contribution in [0.25, 0.3) is 11.3 Å². The van der Waals surface area contributed by atoms with E-state index >= 15 is 0 Å². The van der Waals surface area contributed by atoms with E-state index in [1.165, 1.54) is 6.39 Å². The fourth-order valence-corrected chi connectivity index (χ4v) is 3.42. The van der Waals surface area contributed by atoms with Crippen molar-refractivity contribution in [3.05, 3.63) is 60.4 Å². The van der Waals surface area contributed by atoms with Crippen LogP contribution in [0.2, 0.25) is 0 Å². The summed E-state index contributed by atoms with van der Waals surface area (Å²) < 4.78 is 5.35. The molecule has 0 radical (unpaired) electrons. The number of anilines is 1. The van der Waals surface area contributed by atoms with E-state index in [1.54, 1.807) is 6.20 Å². The lowest BCUT2D eigenvalue weighted by Gasteiger charge is -2.17. The number of benzene rings is 1. The van der Waals surface area contributed by atoms with Gasteiger partial charge in [-0.2, -0.15) is 0 Å². The Morgan fingerprint density at radius 3 is 2.82 bits per heavy atom. The molecule has 144 valence electrons. The molecule has 3 heterocycles. The third-order valence-electron chi connectivity index (χ3n) is 4.85. The first-order valence-corrected chi connectivity index (χ1v) is 9.49. The van der Waals surface area contributed by atoms with Crippen LogP contribution in [0, 0.1) is 0 Å². The minimum absolute atomic E-state index is 0.0215. The van der Waals surface area contributed by atoms with Crippen LogP contribution < -0.4 is 10.2 Å². The van der Waals surface area contributed by atoms with Gasteiger partial charge in [-0.3, -0.25) is 4.79 Å². The quantitative estimate of drug-likeness (QED) is 0.735. The number of nitrogens with one attached hydrogen (secondary N) is 1. The fourth-order valence-electron chi connectivity index (χ4n) is 3.42. The average Bonchev–Trinajstić information content (AvgIpc) is 3.38. The molecule has 7 nitrogen and oxygen atoms in total. The first-order chi connectivity index (χ1) is 13.6. The van der Waals surface area contributed by atoms with E-state index in [2.05, 4.69) is 20.2 Å². The van der Waals surface area contributed by atoms with Gasteiger partial charge in [0.05, 0.1) is 5.69 Å². The lowest BCUT2D eigenvalue weighted by Crippen LogP contribution is -2.38. The monoisotopic (exact) mass is 377 g/mol. The van der Waals surface area contributed by atoms with Gasteiger partial charge >= 0.3 is 0 Å². The summed E-state index contributed by atoms with van der Waals surface area (Å²) in [5.74, 6) is 1.22. The van der Waals surface area contributed by atoms with Crippen molar-refractivity contribution in [3.63, 3.8) is 0 Å². The van der Waals surface area contributed by atoms with E-state index in [0.29, 0.717) is 23.9 Å². The Kier molecular flexibility index (Phi) is 5.06. The molecule has 1 N–H and O–H groups in total. The highest BCUT2D eigenvalue weighted by atomic mass is 16.3. The summed E-state index contributed by atoms with van der Waals surface area (Å²) in [6, 6.07) is 12.0. The predicted octanol–water partition coefficient (Wildman–Crippen LogP) is 3.26. The maximum absolute atomic E-state index is 12.6. The maximum atomic E-state index is 12.6. The lowest BCUT2D eigenvalue weighted by atomic mass is 10.1. The molecule has 1 unspecified atom stereocenters. The van der Waals surface area contributed by atoms with Crippen molar-refractivity contribution >= 4 is 11.9 Å². The van der Waals surface area contributed by atoms with Crippen molar-refractivity contribution in [1.29, 1.82) is 0 Å². The van der Waals surface area contributed by atoms with Gasteiger partial charge in [0.15, 0.2) is 12.1 Å². The van der Waals surface area contributed by atoms with Crippen LogP contribution >= 0.6 is 0 Å². The van der Waals surface area contributed by atoms with Crippen LogP contribution in [0.3, 0.4) is 0 Å². The topological polar surface area (TPSA) is 84.2 Å². The molecule has 2 aromatic heterocycles. The number of hydrogen-bond acceptors (Lipinski definition) is 6. The maximum Gasteiger partial charge on any atom is 0.273 e. The first-order valence-electron chi connectivity index (χ1n) is 9.49. The summed E-state index contributed by atoms with van der Waals surface area (Å²) in [6.07, 6.45) is 3.94. The molecule has 0 bridgehead atoms. The molecule has 1 aliphatic heterocycles. The van der Waals surface area contributed by atoms with E-state index in [1.807, 2.05) is 50.2 Å². The van der Waals surface area contributed by atoms with Gasteiger partial charge in [0.1, 0.15) is 5.76 Å². The van der Waals surface area contributed by atoms with Crippen molar-refractivity contribution < 1.29 is 9.21 Å². The lowest BCUT2D eigenvalue weighted by molar-refractivity contribution is 0.0933. The highest BCUT2D eigenvalue weighted by Gasteiger charge is 2.28. The van der Waals surface area contributed by atoms with Crippen LogP contribution in [-0.2, 0) is 0 Å². The second-order valence-corrected chi connectivity index (χ2v) is 7.23. The summed E-state index contributed by atoms with van der Waals surface area (Å²) in [7, 11) is 0. The van der Waals surface area contributed by atoms with E-state index in [9.17, 15) is 4.79 Å². The van der Waals surface area contributed by atoms with Crippen LogP contribution in [0.5, 0.6) is 0 Å². The van der Waals surface area contributed by atoms with E-state index in [-0.39, 0.29) is 17.9 Å². The highest BCUT2D eigenvalue weighted by Crippen LogP contribution is 2.22. The molecule has 0 aliphatic carbocycles. The molecule has 7 heteroatoms. The van der Waals surface area contributed by atoms with Crippen LogP contribution in [0.1, 0.15) is 42.4 Å². The van der Waals surface area contributed by atoms with E-state index in [4.69, 9.17) is 9.40 Å². The number of amides is 1. The molecule has 1 aromatic carbocycles. The summed E-state index contributed by atoms with van der Waals surface area (Å²) in [6.45, 7) is 5.41. The number of oxazole rings is 1. The van der Waals surface area contributed by atoms with Gasteiger partial charge in [-0.1, -0.05) is 44.2 Å². The minimum atomic E-state index is -0.191. The van der Waals surface area contributed by atoms with E-state index in [0.717, 1.165) is 24.2 Å². The zero-order chi connectivity index (χ0) is 19.5. The van der Waals surface area contributed by atoms with Gasteiger partial charge in [-0.15, -0.1) is 0 Å². The number of aromatic nitrogens is 3. The number of hydrogen-bond donors (Lipinski definition) is 1. The Hall–Kier alpha value is -3.22. The van der Waals surface area contributed by atoms with Crippen molar-refractivity contribution in [3.8, 4) is 11.3 Å². The second kappa shape index (κ2) is 7.80. The number of carbonyl (C=O) groups excluding carboxylic acids is 1. The molecule has 28 heavy (non-hydrogen) atoms. The van der Waals surface area contributed by atoms with Crippen LogP contribution in [0.15, 0.2) is 53.4 Å². The predicted molar refractivity (Wildman–Crippen MR) is 106 cm³/mol. The summed E-state index contributed by atoms with van der Waals surface area (Å²) in [5.41, 5.74) is 2.32. The Morgan fingerprint density at radius 2 is 2.04 bits per heavy atom. The fraction of sp³-hybridized carbons (Fsp3) is 0.333. The molecular formula is C21H23N5O2. The van der Waals surface area contributed by atoms with Gasteiger partial charge in [0.25, 0.3) is 5.91 Å². The van der Waals surface area contributed by atoms with Crippen molar-refractivity contribution in [2.45, 2.75) is 32.2 Å². The molecule has 0 spiro atoms. The molecular weight excluding hydrogens is 354 g/mol. The third kappa shape index (κ3) is 3.74. The minimum Gasteiger partial charge on any atom is -0.447 e. The Balaban J connectivity index is 1.43. The number of nitrogens with zero attached hydrogens (tertiary/aromatic N) is 4. The number of carbonyl (C=O) groups is 1. The Morgan fingerprint density at radius 1 is 1.21 bits per heavy atom. The van der Waals surface area contributed by atoms with E-state index < -0.39 is 0 Å². The molecule has 0 saturated carbocycles. The number of rotatable bonds is 5. The molecule has 4 rings (SSSR count). The largest absolute Gasteiger partial charge is 0.447 e. The van der Waals surface area contributed by atoms with Crippen LogP contribution in [0.4, 0.5) is 5.95 Å². The zero-order valence-electron chi connectivity index (χ0n) is 16.0. The van der Waals surface area contributed by atoms with Crippen LogP contribution in [-0.4, -0.2) is 40.0 Å². The Bertz CT molecular complexity index is 954. The van der Waals surface area contributed by atoms with Crippen molar-refractivity contribution in [2.24, 2.45) is 0 Å². The second-order valence-electron chi connectivity index (χ2n) is 7.23. The standard InChI is InChI=1S/C21H23N5O2/c1-14(2)19-18(23-13-28-19)20(27)24-16-9-11-26(12-16)21-22-10-8-17(25-21)15-6-4-3-5-7-15/h3-8,10,13-14,16H,9,11-12H2,1-2H3,(H,24,27). The van der Waals surface area contributed by atoms with Gasteiger partial charge in [0, 0.05) is 36.8 Å². The van der Waals surface area contributed by atoms with Gasteiger partial charge in [-0.25, -0.2) is 15.0 Å². The zero-order valence-corrected chi connectivity index (χ0v) is 16.0. The average molecular weight is 377 g/mol. The first kappa shape index (κ1) is 18.2. The smallest absolute Gasteiger partial charge is 0.273 e. The normalized spacial score (nSPS) is 16.5. The van der Waals surface area contributed by atoms with Gasteiger partial charge in [-0.05, 0) is 12.5 Å². The molecule has 1 amide bonds. The van der Waals surface area contributed by atoms with Gasteiger partial charge in [0.2, 0.25) is 5.95 Å². The SMILES string of the molecule is CC(C)c1ocnc1C(=O)NC1CCN(c2nccc(-c3ccccc3)n2)C1. The van der Waals surface area contributed by atoms with Crippen molar-refractivity contribution in [1.82, 2.24) is 20.3 Å². The molecule has 1 aliphatic rings. The third-order valence-corrected chi connectivity index (χ3v) is 4.85.